The summed E-state index contributed by atoms with van der Waals surface area (Å²) in [7, 11) is 0. The van der Waals surface area contributed by atoms with Crippen LogP contribution in [-0.2, 0) is 14.3 Å². The van der Waals surface area contributed by atoms with Gasteiger partial charge in [0, 0.05) is 0 Å². The van der Waals surface area contributed by atoms with Crippen molar-refractivity contribution in [3.05, 3.63) is 65.2 Å². The van der Waals surface area contributed by atoms with Crippen LogP contribution in [0.15, 0.2) is 48.5 Å². The van der Waals surface area contributed by atoms with Crippen LogP contribution in [0, 0.1) is 0 Å². The number of hydrogen-bond acceptors (Lipinski definition) is 7. The molecule has 3 aliphatic rings. The second kappa shape index (κ2) is 8.91. The molecule has 0 unspecified atom stereocenters. The zero-order valence-corrected chi connectivity index (χ0v) is 19.1. The number of ether oxygens (including phenoxy) is 1. The van der Waals surface area contributed by atoms with Gasteiger partial charge in [0.05, 0.1) is 22.4 Å². The van der Waals surface area contributed by atoms with Crippen molar-refractivity contribution in [2.24, 2.45) is 0 Å². The molecule has 1 aliphatic carbocycles. The largest absolute Gasteiger partial charge is 0.452 e. The van der Waals surface area contributed by atoms with Crippen LogP contribution in [0.1, 0.15) is 63.2 Å². The van der Waals surface area contributed by atoms with E-state index in [1.165, 1.54) is 24.3 Å². The maximum absolute atomic E-state index is 12.7. The lowest BCUT2D eigenvalue weighted by Gasteiger charge is -2.30. The fourth-order valence-electron chi connectivity index (χ4n) is 4.76. The third-order valence-corrected chi connectivity index (χ3v) is 6.60. The molecular weight excluding hydrogens is 468 g/mol. The van der Waals surface area contributed by atoms with Gasteiger partial charge in [0.1, 0.15) is 5.54 Å². The summed E-state index contributed by atoms with van der Waals surface area (Å²) < 4.78 is 5.00. The monoisotopic (exact) mass is 490 g/mol. The summed E-state index contributed by atoms with van der Waals surface area (Å²) in [5.41, 5.74) is 2.18. The first kappa shape index (κ1) is 23.2. The van der Waals surface area contributed by atoms with Crippen molar-refractivity contribution in [1.29, 1.82) is 0 Å². The number of urea groups is 1. The Hall–Kier alpha value is -4.54. The molecule has 2 aromatic rings. The van der Waals surface area contributed by atoms with E-state index in [0.717, 1.165) is 24.2 Å². The molecule has 2 fully saturated rings. The molecule has 11 heteroatoms. The number of fused-ring (bicyclic) bond motifs is 1. The van der Waals surface area contributed by atoms with Crippen LogP contribution < -0.4 is 15.6 Å². The quantitative estimate of drug-likeness (QED) is 0.370. The number of hydrazine groups is 1. The summed E-state index contributed by atoms with van der Waals surface area (Å²) in [6.07, 6.45) is 3.60. The van der Waals surface area contributed by atoms with Crippen LogP contribution in [0.25, 0.3) is 0 Å². The topological polar surface area (TPSA) is 142 Å². The normalized spacial score (nSPS) is 18.3. The van der Waals surface area contributed by atoms with Crippen molar-refractivity contribution in [2.75, 3.05) is 11.5 Å². The van der Waals surface area contributed by atoms with Crippen molar-refractivity contribution in [1.82, 2.24) is 15.8 Å². The van der Waals surface area contributed by atoms with Crippen molar-refractivity contribution in [3.8, 4) is 0 Å². The van der Waals surface area contributed by atoms with E-state index in [2.05, 4.69) is 10.7 Å². The van der Waals surface area contributed by atoms with Gasteiger partial charge in [0.15, 0.2) is 6.61 Å². The van der Waals surface area contributed by atoms with E-state index in [0.29, 0.717) is 29.0 Å². The number of anilines is 1. The van der Waals surface area contributed by atoms with Gasteiger partial charge in [0.2, 0.25) is 0 Å². The molecule has 184 valence electrons. The molecule has 2 heterocycles. The maximum atomic E-state index is 12.7. The van der Waals surface area contributed by atoms with Gasteiger partial charge in [0.25, 0.3) is 23.6 Å². The highest BCUT2D eigenvalue weighted by atomic mass is 16.5. The molecule has 0 atom stereocenters. The SMILES string of the molecule is O=C(COC(=O)c1ccc(N2C(=O)c3ccccc3C2=O)cc1)NN1C(=O)NC2(CCCCC2)C1=O. The summed E-state index contributed by atoms with van der Waals surface area (Å²) >= 11 is 0. The summed E-state index contributed by atoms with van der Waals surface area (Å²) in [5.74, 6) is -3.12. The minimum atomic E-state index is -0.986. The van der Waals surface area contributed by atoms with E-state index in [1.807, 2.05) is 0 Å². The number of nitrogens with zero attached hydrogens (tertiary/aromatic N) is 2. The first-order valence-corrected chi connectivity index (χ1v) is 11.5. The number of nitrogens with one attached hydrogen (secondary N) is 2. The Balaban J connectivity index is 1.17. The highest BCUT2D eigenvalue weighted by molar-refractivity contribution is 6.34. The molecule has 0 aromatic heterocycles. The number of hydrogen-bond donors (Lipinski definition) is 2. The number of rotatable bonds is 5. The Morgan fingerprint density at radius 3 is 2.11 bits per heavy atom. The number of carbonyl (C=O) groups excluding carboxylic acids is 6. The fourth-order valence-corrected chi connectivity index (χ4v) is 4.76. The van der Waals surface area contributed by atoms with Crippen LogP contribution in [0.4, 0.5) is 10.5 Å². The Morgan fingerprint density at radius 1 is 0.889 bits per heavy atom. The Labute approximate surface area is 205 Å². The third kappa shape index (κ3) is 3.88. The van der Waals surface area contributed by atoms with E-state index in [4.69, 9.17) is 4.74 Å². The van der Waals surface area contributed by atoms with Gasteiger partial charge in [-0.05, 0) is 49.2 Å². The minimum Gasteiger partial charge on any atom is -0.452 e. The average Bonchev–Trinajstić information content (AvgIpc) is 3.27. The molecule has 6 amide bonds. The van der Waals surface area contributed by atoms with Crippen LogP contribution in [0.2, 0.25) is 0 Å². The number of benzene rings is 2. The van der Waals surface area contributed by atoms with Gasteiger partial charge in [-0.25, -0.2) is 14.5 Å². The Morgan fingerprint density at radius 2 is 1.50 bits per heavy atom. The second-order valence-electron chi connectivity index (χ2n) is 8.86. The summed E-state index contributed by atoms with van der Waals surface area (Å²) in [6.45, 7) is -0.719. The summed E-state index contributed by atoms with van der Waals surface area (Å²) in [6, 6.07) is 11.3. The average molecular weight is 490 g/mol. The predicted octanol–water partition coefficient (Wildman–Crippen LogP) is 1.93. The molecule has 2 aromatic carbocycles. The van der Waals surface area contributed by atoms with E-state index < -0.39 is 47.8 Å². The van der Waals surface area contributed by atoms with Gasteiger partial charge in [-0.2, -0.15) is 5.01 Å². The molecule has 5 rings (SSSR count). The molecule has 36 heavy (non-hydrogen) atoms. The van der Waals surface area contributed by atoms with Gasteiger partial charge < -0.3 is 10.1 Å². The molecule has 2 aliphatic heterocycles. The van der Waals surface area contributed by atoms with E-state index in [9.17, 15) is 28.8 Å². The standard InChI is InChI=1S/C25H22N4O7/c30-19(27-29-23(34)25(26-24(29)35)12-4-1-5-13-25)14-36-22(33)15-8-10-16(11-9-15)28-20(31)17-6-2-3-7-18(17)21(28)32/h2-3,6-11H,1,4-5,12-14H2,(H,26,35)(H,27,30). The van der Waals surface area contributed by atoms with Crippen molar-refractivity contribution in [2.45, 2.75) is 37.6 Å². The third-order valence-electron chi connectivity index (χ3n) is 6.60. The number of carbonyl (C=O) groups is 6. The molecule has 11 nitrogen and oxygen atoms in total. The zero-order valence-electron chi connectivity index (χ0n) is 19.1. The summed E-state index contributed by atoms with van der Waals surface area (Å²) in [4.78, 5) is 75.8. The lowest BCUT2D eigenvalue weighted by molar-refractivity contribution is -0.140. The van der Waals surface area contributed by atoms with Crippen molar-refractivity contribution < 1.29 is 33.5 Å². The molecular formula is C25H22N4O7. The van der Waals surface area contributed by atoms with Crippen LogP contribution >= 0.6 is 0 Å². The van der Waals surface area contributed by atoms with Crippen molar-refractivity contribution >= 4 is 41.3 Å². The predicted molar refractivity (Wildman–Crippen MR) is 124 cm³/mol. The Bertz CT molecular complexity index is 1260. The van der Waals surface area contributed by atoms with Crippen LogP contribution in [0.3, 0.4) is 0 Å². The van der Waals surface area contributed by atoms with Gasteiger partial charge in [-0.15, -0.1) is 0 Å². The van der Waals surface area contributed by atoms with Gasteiger partial charge in [-0.3, -0.25) is 24.6 Å². The van der Waals surface area contributed by atoms with E-state index in [-0.39, 0.29) is 11.3 Å². The van der Waals surface area contributed by atoms with E-state index in [1.54, 1.807) is 24.3 Å². The molecule has 0 bridgehead atoms. The zero-order chi connectivity index (χ0) is 25.4. The lowest BCUT2D eigenvalue weighted by Crippen LogP contribution is -2.51. The molecule has 1 spiro atoms. The highest BCUT2D eigenvalue weighted by Gasteiger charge is 2.52. The van der Waals surface area contributed by atoms with Crippen LogP contribution in [-0.4, -0.2) is 52.8 Å². The number of amides is 6. The Kier molecular flexibility index (Phi) is 5.75. The molecule has 1 saturated heterocycles. The first-order chi connectivity index (χ1) is 17.3. The number of imide groups is 2. The van der Waals surface area contributed by atoms with Crippen molar-refractivity contribution in [3.63, 3.8) is 0 Å². The molecule has 2 N–H and O–H groups in total. The lowest BCUT2D eigenvalue weighted by atomic mass is 9.82. The highest BCUT2D eigenvalue weighted by Crippen LogP contribution is 2.33. The molecule has 0 radical (unpaired) electrons. The van der Waals surface area contributed by atoms with Gasteiger partial charge in [-0.1, -0.05) is 31.4 Å². The van der Waals surface area contributed by atoms with Gasteiger partial charge >= 0.3 is 12.0 Å². The minimum absolute atomic E-state index is 0.0827. The fraction of sp³-hybridized carbons (Fsp3) is 0.280. The van der Waals surface area contributed by atoms with E-state index >= 15 is 0 Å². The molecule has 1 saturated carbocycles. The first-order valence-electron chi connectivity index (χ1n) is 11.5. The maximum Gasteiger partial charge on any atom is 0.344 e. The smallest absolute Gasteiger partial charge is 0.344 e. The number of esters is 1. The van der Waals surface area contributed by atoms with Crippen LogP contribution in [0.5, 0.6) is 0 Å². The summed E-state index contributed by atoms with van der Waals surface area (Å²) in [5, 5.41) is 3.31. The second-order valence-corrected chi connectivity index (χ2v) is 8.86.